The molecule has 76 valence electrons. The fraction of sp³-hybridized carbons (Fsp3) is 0.455. The van der Waals surface area contributed by atoms with Crippen molar-refractivity contribution < 1.29 is 0 Å². The van der Waals surface area contributed by atoms with Crippen LogP contribution in [0.2, 0.25) is 0 Å². The lowest BCUT2D eigenvalue weighted by molar-refractivity contribution is 0.752. The van der Waals surface area contributed by atoms with Gasteiger partial charge < -0.3 is 16.0 Å². The van der Waals surface area contributed by atoms with E-state index >= 15 is 0 Å². The Balaban J connectivity index is 2.09. The molecule has 0 spiro atoms. The second-order valence-electron chi connectivity index (χ2n) is 3.79. The lowest BCUT2D eigenvalue weighted by atomic mass is 10.2. The average Bonchev–Trinajstić information content (AvgIpc) is 2.65. The van der Waals surface area contributed by atoms with Crippen LogP contribution in [0.4, 0.5) is 11.4 Å². The molecule has 1 saturated heterocycles. The third-order valence-electron chi connectivity index (χ3n) is 2.75. The number of benzene rings is 1. The summed E-state index contributed by atoms with van der Waals surface area (Å²) in [6, 6.07) is 8.82. The molecule has 1 unspecified atom stereocenters. The monoisotopic (exact) mass is 191 g/mol. The summed E-state index contributed by atoms with van der Waals surface area (Å²) in [6.45, 7) is 2.07. The summed E-state index contributed by atoms with van der Waals surface area (Å²) in [6.07, 6.45) is 1.10. The summed E-state index contributed by atoms with van der Waals surface area (Å²) in [5.41, 5.74) is 8.29. The molecule has 3 nitrogen and oxygen atoms in total. The Kier molecular flexibility index (Phi) is 2.59. The fourth-order valence-corrected chi connectivity index (χ4v) is 1.86. The van der Waals surface area contributed by atoms with E-state index in [0.29, 0.717) is 6.04 Å². The van der Waals surface area contributed by atoms with Crippen LogP contribution in [0.5, 0.6) is 0 Å². The van der Waals surface area contributed by atoms with Gasteiger partial charge in [-0.05, 0) is 30.7 Å². The predicted molar refractivity (Wildman–Crippen MR) is 60.8 cm³/mol. The molecule has 1 aromatic carbocycles. The normalized spacial score (nSPS) is 21.3. The highest BCUT2D eigenvalue weighted by atomic mass is 15.2. The van der Waals surface area contributed by atoms with Gasteiger partial charge in [0.1, 0.15) is 0 Å². The van der Waals surface area contributed by atoms with Crippen molar-refractivity contribution in [2.75, 3.05) is 30.4 Å². The second kappa shape index (κ2) is 3.88. The maximum atomic E-state index is 5.86. The summed E-state index contributed by atoms with van der Waals surface area (Å²) in [4.78, 5) is 2.34. The molecule has 14 heavy (non-hydrogen) atoms. The first kappa shape index (κ1) is 9.34. The minimum Gasteiger partial charge on any atom is -0.388 e. The molecule has 1 aromatic rings. The van der Waals surface area contributed by atoms with Gasteiger partial charge in [-0.3, -0.25) is 0 Å². The van der Waals surface area contributed by atoms with Crippen molar-refractivity contribution in [1.29, 1.82) is 0 Å². The summed E-state index contributed by atoms with van der Waals surface area (Å²) < 4.78 is 0. The van der Waals surface area contributed by atoms with Crippen LogP contribution in [0, 0.1) is 0 Å². The molecule has 3 heteroatoms. The first-order chi connectivity index (χ1) is 6.79. The van der Waals surface area contributed by atoms with Gasteiger partial charge in [0.15, 0.2) is 0 Å². The number of nitrogens with one attached hydrogen (secondary N) is 1. The highest BCUT2D eigenvalue weighted by Crippen LogP contribution is 2.21. The molecule has 1 heterocycles. The Labute approximate surface area is 84.9 Å². The van der Waals surface area contributed by atoms with E-state index < -0.39 is 0 Å². The first-order valence-electron chi connectivity index (χ1n) is 5.08. The van der Waals surface area contributed by atoms with E-state index in [1.165, 1.54) is 5.69 Å². The van der Waals surface area contributed by atoms with Crippen LogP contribution in [-0.2, 0) is 0 Å². The van der Waals surface area contributed by atoms with Gasteiger partial charge in [-0.15, -0.1) is 0 Å². The lowest BCUT2D eigenvalue weighted by Crippen LogP contribution is -2.26. The van der Waals surface area contributed by atoms with Gasteiger partial charge in [-0.2, -0.15) is 0 Å². The van der Waals surface area contributed by atoms with Crippen LogP contribution in [0.1, 0.15) is 6.42 Å². The van der Waals surface area contributed by atoms with E-state index in [2.05, 4.69) is 34.5 Å². The quantitative estimate of drug-likeness (QED) is 0.739. The van der Waals surface area contributed by atoms with Crippen molar-refractivity contribution in [3.05, 3.63) is 24.3 Å². The number of hydrogen-bond donors (Lipinski definition) is 2. The Hall–Kier alpha value is -1.22. The van der Waals surface area contributed by atoms with Gasteiger partial charge in [-0.25, -0.2) is 0 Å². The summed E-state index contributed by atoms with van der Waals surface area (Å²) in [5, 5.41) is 3.11. The van der Waals surface area contributed by atoms with Gasteiger partial charge in [0.2, 0.25) is 0 Å². The molecular formula is C11H17N3. The zero-order valence-corrected chi connectivity index (χ0v) is 8.53. The molecular weight excluding hydrogens is 174 g/mol. The van der Waals surface area contributed by atoms with E-state index in [1.54, 1.807) is 0 Å². The number of hydrogen-bond acceptors (Lipinski definition) is 3. The Morgan fingerprint density at radius 1 is 1.36 bits per heavy atom. The lowest BCUT2D eigenvalue weighted by Gasteiger charge is -2.18. The van der Waals surface area contributed by atoms with Crippen molar-refractivity contribution in [2.24, 2.45) is 5.73 Å². The van der Waals surface area contributed by atoms with Crippen molar-refractivity contribution in [1.82, 2.24) is 0 Å². The smallest absolute Gasteiger partial charge is 0.0368 e. The van der Waals surface area contributed by atoms with Crippen LogP contribution in [0.25, 0.3) is 0 Å². The molecule has 0 aromatic heterocycles. The highest BCUT2D eigenvalue weighted by molar-refractivity contribution is 5.55. The molecule has 1 aliphatic rings. The van der Waals surface area contributed by atoms with Crippen LogP contribution < -0.4 is 16.0 Å². The Bertz CT molecular complexity index is 294. The minimum atomic E-state index is 0.346. The van der Waals surface area contributed by atoms with Crippen LogP contribution in [-0.4, -0.2) is 26.2 Å². The van der Waals surface area contributed by atoms with Crippen LogP contribution >= 0.6 is 0 Å². The van der Waals surface area contributed by atoms with Gasteiger partial charge in [-0.1, -0.05) is 0 Å². The number of anilines is 2. The van der Waals surface area contributed by atoms with E-state index in [0.717, 1.165) is 25.2 Å². The number of rotatable bonds is 2. The molecule has 0 amide bonds. The molecule has 1 atom stereocenters. The molecule has 0 radical (unpaired) electrons. The second-order valence-corrected chi connectivity index (χ2v) is 3.79. The summed E-state index contributed by atoms with van der Waals surface area (Å²) in [5.74, 6) is 0. The number of nitrogens with zero attached hydrogens (tertiary/aromatic N) is 1. The Morgan fingerprint density at radius 2 is 2.07 bits per heavy atom. The van der Waals surface area contributed by atoms with E-state index in [1.807, 2.05) is 7.05 Å². The maximum Gasteiger partial charge on any atom is 0.0368 e. The van der Waals surface area contributed by atoms with Gasteiger partial charge in [0.05, 0.1) is 0 Å². The molecule has 3 N–H and O–H groups in total. The van der Waals surface area contributed by atoms with E-state index in [9.17, 15) is 0 Å². The van der Waals surface area contributed by atoms with Crippen molar-refractivity contribution in [3.8, 4) is 0 Å². The third kappa shape index (κ3) is 1.82. The molecule has 0 aliphatic carbocycles. The molecule has 1 aliphatic heterocycles. The van der Waals surface area contributed by atoms with E-state index in [4.69, 9.17) is 5.73 Å². The highest BCUT2D eigenvalue weighted by Gasteiger charge is 2.18. The maximum absolute atomic E-state index is 5.86. The van der Waals surface area contributed by atoms with Gasteiger partial charge in [0, 0.05) is 37.6 Å². The van der Waals surface area contributed by atoms with Crippen molar-refractivity contribution in [3.63, 3.8) is 0 Å². The van der Waals surface area contributed by atoms with Crippen LogP contribution in [0.15, 0.2) is 24.3 Å². The fourth-order valence-electron chi connectivity index (χ4n) is 1.86. The van der Waals surface area contributed by atoms with Gasteiger partial charge in [0.25, 0.3) is 0 Å². The number of nitrogens with two attached hydrogens (primary N) is 1. The molecule has 1 fully saturated rings. The minimum absolute atomic E-state index is 0.346. The van der Waals surface area contributed by atoms with Gasteiger partial charge >= 0.3 is 0 Å². The molecule has 0 saturated carbocycles. The summed E-state index contributed by atoms with van der Waals surface area (Å²) >= 11 is 0. The average molecular weight is 191 g/mol. The van der Waals surface area contributed by atoms with Crippen molar-refractivity contribution >= 4 is 11.4 Å². The first-order valence-corrected chi connectivity index (χ1v) is 5.08. The Morgan fingerprint density at radius 3 is 2.57 bits per heavy atom. The standard InChI is InChI=1S/C11H17N3/c1-13-10-2-4-11(5-3-10)14-7-6-9(12)8-14/h2-5,9,13H,6-8,12H2,1H3. The SMILES string of the molecule is CNc1ccc(N2CCC(N)C2)cc1. The molecule has 2 rings (SSSR count). The predicted octanol–water partition coefficient (Wildman–Crippen LogP) is 1.27. The third-order valence-corrected chi connectivity index (χ3v) is 2.75. The zero-order valence-electron chi connectivity index (χ0n) is 8.53. The van der Waals surface area contributed by atoms with Crippen LogP contribution in [0.3, 0.4) is 0 Å². The molecule has 0 bridgehead atoms. The summed E-state index contributed by atoms with van der Waals surface area (Å²) in [7, 11) is 1.93. The largest absolute Gasteiger partial charge is 0.388 e. The van der Waals surface area contributed by atoms with E-state index in [-0.39, 0.29) is 0 Å². The topological polar surface area (TPSA) is 41.3 Å². The van der Waals surface area contributed by atoms with Crippen molar-refractivity contribution in [2.45, 2.75) is 12.5 Å². The zero-order chi connectivity index (χ0) is 9.97.